The zero-order chi connectivity index (χ0) is 63.2. The molecule has 0 aromatic rings. The number of ether oxygens (including phenoxy) is 10. The first-order valence-electron chi connectivity index (χ1n) is 30.5. The summed E-state index contributed by atoms with van der Waals surface area (Å²) in [7, 11) is 0. The lowest BCUT2D eigenvalue weighted by Crippen LogP contribution is -2.77. The van der Waals surface area contributed by atoms with Crippen molar-refractivity contribution in [1.82, 2.24) is 0 Å². The van der Waals surface area contributed by atoms with Gasteiger partial charge in [0, 0.05) is 22.3 Å². The van der Waals surface area contributed by atoms with Crippen LogP contribution < -0.4 is 0 Å². The third-order valence-electron chi connectivity index (χ3n) is 23.8. The van der Waals surface area contributed by atoms with E-state index in [0.717, 1.165) is 0 Å². The van der Waals surface area contributed by atoms with Gasteiger partial charge in [-0.25, -0.2) is 9.59 Å². The van der Waals surface area contributed by atoms with Crippen LogP contribution in [0.1, 0.15) is 121 Å². The molecule has 15 N–H and O–H groups in total. The fraction of sp³-hybridized carbons (Fsp3) is 0.932. The smallest absolute Gasteiger partial charge is 0.335 e. The van der Waals surface area contributed by atoms with Gasteiger partial charge in [0.2, 0.25) is 0 Å². The van der Waals surface area contributed by atoms with Gasteiger partial charge in [-0.3, -0.25) is 0 Å². The molecule has 10 fully saturated rings. The number of esters is 1. The highest BCUT2D eigenvalue weighted by molar-refractivity contribution is 5.87. The minimum Gasteiger partial charge on any atom is -0.479 e. The van der Waals surface area contributed by atoms with Crippen molar-refractivity contribution in [3.63, 3.8) is 0 Å². The molecule has 492 valence electrons. The molecule has 0 aromatic carbocycles. The summed E-state index contributed by atoms with van der Waals surface area (Å²) in [6.45, 7) is 17.4. The average Bonchev–Trinajstić information content (AvgIpc) is 1.34. The van der Waals surface area contributed by atoms with Crippen LogP contribution in [-0.4, -0.2) is 261 Å². The van der Waals surface area contributed by atoms with Crippen LogP contribution in [0, 0.1) is 50.2 Å². The van der Waals surface area contributed by atoms with Gasteiger partial charge in [0.15, 0.2) is 37.6 Å². The van der Waals surface area contributed by atoms with Crippen LogP contribution in [0.4, 0.5) is 0 Å². The van der Waals surface area contributed by atoms with Gasteiger partial charge >= 0.3 is 11.9 Å². The first-order valence-corrected chi connectivity index (χ1v) is 30.5. The number of rotatable bonds is 13. The van der Waals surface area contributed by atoms with Gasteiger partial charge in [0.05, 0.1) is 42.5 Å². The van der Waals surface area contributed by atoms with Crippen molar-refractivity contribution >= 4 is 11.9 Å². The Morgan fingerprint density at radius 1 is 0.581 bits per heavy atom. The average molecular weight is 1240 g/mol. The lowest BCUT2D eigenvalue weighted by molar-refractivity contribution is -0.406. The van der Waals surface area contributed by atoms with Gasteiger partial charge in [-0.1, -0.05) is 54.5 Å². The molecule has 5 aliphatic carbocycles. The Morgan fingerprint density at radius 2 is 1.14 bits per heavy atom. The Kier molecular flexibility index (Phi) is 18.1. The fourth-order valence-electron chi connectivity index (χ4n) is 18.7. The SMILES string of the molecule is C/C=C(/C)C(=O)O[C@H]1[C@H](O)[C@@]23[C@H](O)C[C@]4(C)[C@@](CC[C@@H]5[C@@]6(C)CC[C@H](O[C@@H]7O[C@H](C(=O)O)[C@@H](O)[C@H](O[C@@H]8O[C@H](CO)[C@H](O)[C@H](O)[C@H]8O[C@@H]8O[C@@H](C)[C@H](O)[C@@H](O)[C@H]8O)[C@H]7O[C@@H]7O[C@H](CO)[C@H](O)[C@H](O)[C@H]7O)C(C)(C)[C@@H]6CC[C@]54C)(O[C@@H]2O)[C@@H]3CC1(C)C. The standard InChI is InChI=1S/C59H94O27/c1-11-22(2)47(75)85-45-44(72)59-28(18-53(45,4)5)58(86-52(59)76)17-13-27-55(8)15-14-30(54(6,7)26(55)12-16-56(27,9)57(58,10)19-29(59)62)80-51-43(84-49-38(70)35(67)32(64)24(20-60)78-49)40(39(71)41(82-51)46(73)74)81-50-42(36(68)33(65)25(21-61)79-50)83-48-37(69)34(66)31(63)23(3)77-48/h11,23-45,48-52,60-72,76H,12-21H2,1-10H3,(H,73,74)/b22-11-/t23-,24+,25+,26-,27+,28-,29+,30-,31-,32-,33-,34+,35-,36-,37+,38+,39-,40-,41-,42+,43+,44-,45-,48-,49-,50-,51+,52-,55-,56+,57-,58-,59+/m0/s1. The molecule has 27 nitrogen and oxygen atoms in total. The van der Waals surface area contributed by atoms with E-state index in [9.17, 15) is 86.2 Å². The van der Waals surface area contributed by atoms with Gasteiger partial charge in [-0.2, -0.15) is 0 Å². The van der Waals surface area contributed by atoms with E-state index in [0.29, 0.717) is 50.5 Å². The van der Waals surface area contributed by atoms with Crippen molar-refractivity contribution in [2.75, 3.05) is 13.2 Å². The van der Waals surface area contributed by atoms with Gasteiger partial charge in [-0.15, -0.1) is 0 Å². The summed E-state index contributed by atoms with van der Waals surface area (Å²) in [6.07, 6.45) is -38.9. The molecule has 0 aromatic heterocycles. The first kappa shape index (κ1) is 66.7. The number of aliphatic carboxylic acids is 1. The summed E-state index contributed by atoms with van der Waals surface area (Å²) in [4.78, 5) is 26.5. The molecule has 0 radical (unpaired) electrons. The number of carbonyl (C=O) groups excluding carboxylic acids is 1. The number of carbonyl (C=O) groups is 2. The van der Waals surface area contributed by atoms with Crippen molar-refractivity contribution in [2.45, 2.75) is 280 Å². The Balaban J connectivity index is 0.963. The lowest BCUT2D eigenvalue weighted by atomic mass is 9.30. The van der Waals surface area contributed by atoms with E-state index in [4.69, 9.17) is 47.4 Å². The molecule has 33 atom stereocenters. The first-order chi connectivity index (χ1) is 40.1. The van der Waals surface area contributed by atoms with Crippen LogP contribution in [0.25, 0.3) is 0 Å². The van der Waals surface area contributed by atoms with Gasteiger partial charge in [0.1, 0.15) is 97.7 Å². The van der Waals surface area contributed by atoms with E-state index in [-0.39, 0.29) is 18.3 Å². The Hall–Kier alpha value is -2.24. The molecular weight excluding hydrogens is 1140 g/mol. The van der Waals surface area contributed by atoms with Crippen LogP contribution in [0.3, 0.4) is 0 Å². The minimum atomic E-state index is -2.28. The molecule has 2 bridgehead atoms. The molecule has 1 spiro atoms. The number of aliphatic hydroxyl groups excluding tert-OH is 14. The molecule has 5 heterocycles. The van der Waals surface area contributed by atoms with Gasteiger partial charge < -0.3 is 124 Å². The van der Waals surface area contributed by atoms with Crippen molar-refractivity contribution in [2.24, 2.45) is 50.2 Å². The van der Waals surface area contributed by atoms with Crippen LogP contribution in [-0.2, 0) is 57.0 Å². The third-order valence-corrected chi connectivity index (χ3v) is 23.8. The number of fused-ring (bicyclic) bond motifs is 4. The highest BCUT2D eigenvalue weighted by atomic mass is 16.8. The van der Waals surface area contributed by atoms with Crippen LogP contribution >= 0.6 is 0 Å². The predicted octanol–water partition coefficient (Wildman–Crippen LogP) is -2.45. The molecule has 5 saturated heterocycles. The molecular formula is C59H94O27. The van der Waals surface area contributed by atoms with Crippen molar-refractivity contribution < 1.29 is 134 Å². The molecule has 5 saturated carbocycles. The second-order valence-corrected chi connectivity index (χ2v) is 28.6. The second-order valence-electron chi connectivity index (χ2n) is 28.6. The maximum atomic E-state index is 13.3. The zero-order valence-electron chi connectivity index (χ0n) is 50.4. The Bertz CT molecular complexity index is 2500. The Labute approximate surface area is 499 Å². The summed E-state index contributed by atoms with van der Waals surface area (Å²) in [5.74, 6) is -3.04. The number of carboxylic acids is 1. The molecule has 27 heteroatoms. The maximum Gasteiger partial charge on any atom is 0.335 e. The normalized spacial score (nSPS) is 55.0. The molecule has 86 heavy (non-hydrogen) atoms. The van der Waals surface area contributed by atoms with E-state index in [1.54, 1.807) is 19.9 Å². The summed E-state index contributed by atoms with van der Waals surface area (Å²) in [5, 5.41) is 169. The second kappa shape index (κ2) is 23.4. The van der Waals surface area contributed by atoms with Crippen molar-refractivity contribution in [3.8, 4) is 0 Å². The molecule has 0 unspecified atom stereocenters. The lowest BCUT2D eigenvalue weighted by Gasteiger charge is -2.75. The highest BCUT2D eigenvalue weighted by Crippen LogP contribution is 2.81. The number of aliphatic hydroxyl groups is 14. The fourth-order valence-corrected chi connectivity index (χ4v) is 18.7. The molecule has 10 rings (SSSR count). The Morgan fingerprint density at radius 3 is 1.76 bits per heavy atom. The summed E-state index contributed by atoms with van der Waals surface area (Å²) < 4.78 is 62.1. The van der Waals surface area contributed by atoms with E-state index in [1.165, 1.54) is 6.92 Å². The van der Waals surface area contributed by atoms with E-state index < -0.39 is 223 Å². The predicted molar refractivity (Wildman–Crippen MR) is 289 cm³/mol. The largest absolute Gasteiger partial charge is 0.479 e. The van der Waals surface area contributed by atoms with Gasteiger partial charge in [-0.05, 0) is 100 Å². The zero-order valence-corrected chi connectivity index (χ0v) is 50.4. The maximum absolute atomic E-state index is 13.3. The monoisotopic (exact) mass is 1230 g/mol. The van der Waals surface area contributed by atoms with Crippen LogP contribution in [0.2, 0.25) is 0 Å². The number of hydrogen-bond acceptors (Lipinski definition) is 26. The van der Waals surface area contributed by atoms with E-state index in [2.05, 4.69) is 20.8 Å². The molecule has 10 aliphatic rings. The summed E-state index contributed by atoms with van der Waals surface area (Å²) in [5.41, 5.74) is -5.64. The summed E-state index contributed by atoms with van der Waals surface area (Å²) in [6, 6.07) is 0. The van der Waals surface area contributed by atoms with Gasteiger partial charge in [0.25, 0.3) is 0 Å². The topological polar surface area (TPSA) is 430 Å². The van der Waals surface area contributed by atoms with Crippen molar-refractivity contribution in [3.05, 3.63) is 11.6 Å². The summed E-state index contributed by atoms with van der Waals surface area (Å²) >= 11 is 0. The quantitative estimate of drug-likeness (QED) is 0.0517. The van der Waals surface area contributed by atoms with Crippen molar-refractivity contribution in [1.29, 1.82) is 0 Å². The number of carboxylic acid groups (broad SMARTS) is 1. The van der Waals surface area contributed by atoms with Crippen LogP contribution in [0.5, 0.6) is 0 Å². The minimum absolute atomic E-state index is 0.0267. The van der Waals surface area contributed by atoms with Crippen LogP contribution in [0.15, 0.2) is 11.6 Å². The number of allylic oxidation sites excluding steroid dienone is 1. The van der Waals surface area contributed by atoms with E-state index in [1.807, 2.05) is 27.7 Å². The highest BCUT2D eigenvalue weighted by Gasteiger charge is 2.85. The third kappa shape index (κ3) is 9.84. The molecule has 0 amide bonds. The number of hydrogen-bond donors (Lipinski definition) is 15. The van der Waals surface area contributed by atoms with E-state index >= 15 is 0 Å². The molecule has 5 aliphatic heterocycles.